The van der Waals surface area contributed by atoms with Crippen molar-refractivity contribution >= 4 is 34.9 Å². The minimum atomic E-state index is -0.512. The Balaban J connectivity index is 1.44. The molecule has 30 heavy (non-hydrogen) atoms. The zero-order valence-electron chi connectivity index (χ0n) is 17.3. The van der Waals surface area contributed by atoms with Crippen LogP contribution in [0.15, 0.2) is 29.6 Å². The Morgan fingerprint density at radius 2 is 1.90 bits per heavy atom. The minimum absolute atomic E-state index is 0.00616. The highest BCUT2D eigenvalue weighted by Crippen LogP contribution is 2.19. The fourth-order valence-electron chi connectivity index (χ4n) is 2.95. The summed E-state index contributed by atoms with van der Waals surface area (Å²) in [6, 6.07) is 7.09. The first-order valence-electron chi connectivity index (χ1n) is 9.81. The predicted octanol–water partition coefficient (Wildman–Crippen LogP) is 4.50. The summed E-state index contributed by atoms with van der Waals surface area (Å²) in [5, 5.41) is 6.10. The first-order valence-corrected chi connectivity index (χ1v) is 11.1. The average molecular weight is 452 g/mol. The highest BCUT2D eigenvalue weighted by molar-refractivity contribution is 7.09. The molecule has 1 aromatic carbocycles. The fourth-order valence-corrected chi connectivity index (χ4v) is 3.76. The largest absolute Gasteiger partial charge is 0.486 e. The number of thiazole rings is 1. The molecule has 1 aromatic heterocycles. The monoisotopic (exact) mass is 451 g/mol. The second-order valence-electron chi connectivity index (χ2n) is 8.08. The molecule has 0 saturated carbocycles. The summed E-state index contributed by atoms with van der Waals surface area (Å²) >= 11 is 7.24. The Kier molecular flexibility index (Phi) is 7.20. The molecule has 0 bridgehead atoms. The molecule has 1 aliphatic heterocycles. The van der Waals surface area contributed by atoms with Crippen LogP contribution in [-0.4, -0.2) is 46.6 Å². The molecule has 0 aliphatic carbocycles. The number of carbonyl (C=O) groups is 2. The van der Waals surface area contributed by atoms with Crippen molar-refractivity contribution in [3.63, 3.8) is 0 Å². The molecular weight excluding hydrogens is 426 g/mol. The smallest absolute Gasteiger partial charge is 0.410 e. The fraction of sp³-hybridized carbons (Fsp3) is 0.476. The molecule has 2 aromatic rings. The third-order valence-electron chi connectivity index (χ3n) is 4.44. The Bertz CT molecular complexity index is 871. The number of nitrogens with one attached hydrogen (secondary N) is 1. The van der Waals surface area contributed by atoms with E-state index in [1.54, 1.807) is 34.5 Å². The summed E-state index contributed by atoms with van der Waals surface area (Å²) in [5.41, 5.74) is -0.133. The van der Waals surface area contributed by atoms with Gasteiger partial charge in [-0.3, -0.25) is 4.79 Å². The van der Waals surface area contributed by atoms with Crippen molar-refractivity contribution in [1.29, 1.82) is 0 Å². The van der Waals surface area contributed by atoms with Gasteiger partial charge in [0.15, 0.2) is 0 Å². The lowest BCUT2D eigenvalue weighted by Gasteiger charge is -2.33. The van der Waals surface area contributed by atoms with Crippen molar-refractivity contribution < 1.29 is 19.1 Å². The number of aromatic nitrogens is 1. The Morgan fingerprint density at radius 3 is 2.53 bits per heavy atom. The van der Waals surface area contributed by atoms with E-state index in [0.29, 0.717) is 42.4 Å². The number of hydrogen-bond donors (Lipinski definition) is 1. The number of ether oxygens (including phenoxy) is 2. The first-order chi connectivity index (χ1) is 14.2. The van der Waals surface area contributed by atoms with Crippen LogP contribution in [0.3, 0.4) is 0 Å². The molecule has 2 amide bonds. The molecule has 1 fully saturated rings. The molecule has 1 aliphatic rings. The summed E-state index contributed by atoms with van der Waals surface area (Å²) in [7, 11) is 0. The van der Waals surface area contributed by atoms with Gasteiger partial charge < -0.3 is 19.7 Å². The Morgan fingerprint density at radius 1 is 1.23 bits per heavy atom. The van der Waals surface area contributed by atoms with Crippen molar-refractivity contribution in [1.82, 2.24) is 15.2 Å². The maximum Gasteiger partial charge on any atom is 0.410 e. The summed E-state index contributed by atoms with van der Waals surface area (Å²) in [6.07, 6.45) is 1.06. The van der Waals surface area contributed by atoms with Crippen LogP contribution in [0.5, 0.6) is 5.75 Å². The second-order valence-corrected chi connectivity index (χ2v) is 9.46. The second kappa shape index (κ2) is 9.66. The number of hydrogen-bond acceptors (Lipinski definition) is 6. The molecule has 0 atom stereocenters. The van der Waals surface area contributed by atoms with E-state index in [1.807, 2.05) is 20.8 Å². The van der Waals surface area contributed by atoms with Crippen LogP contribution in [0.1, 0.15) is 49.1 Å². The third-order valence-corrected chi connectivity index (χ3v) is 5.52. The van der Waals surface area contributed by atoms with Gasteiger partial charge in [-0.1, -0.05) is 11.6 Å². The van der Waals surface area contributed by atoms with E-state index in [1.165, 1.54) is 11.3 Å². The van der Waals surface area contributed by atoms with E-state index in [2.05, 4.69) is 10.3 Å². The van der Waals surface area contributed by atoms with Gasteiger partial charge in [0.1, 0.15) is 28.7 Å². The number of carbonyl (C=O) groups excluding carboxylic acids is 2. The number of piperidine rings is 1. The van der Waals surface area contributed by atoms with Crippen LogP contribution < -0.4 is 10.1 Å². The highest BCUT2D eigenvalue weighted by Gasteiger charge is 2.28. The van der Waals surface area contributed by atoms with Gasteiger partial charge in [-0.05, 0) is 57.9 Å². The number of rotatable bonds is 5. The van der Waals surface area contributed by atoms with Crippen molar-refractivity contribution in [2.75, 3.05) is 13.1 Å². The van der Waals surface area contributed by atoms with E-state index < -0.39 is 5.60 Å². The topological polar surface area (TPSA) is 80.8 Å². The molecule has 1 saturated heterocycles. The average Bonchev–Trinajstić information content (AvgIpc) is 3.16. The summed E-state index contributed by atoms with van der Waals surface area (Å²) in [6.45, 7) is 6.93. The highest BCUT2D eigenvalue weighted by atomic mass is 35.5. The lowest BCUT2D eigenvalue weighted by Crippen LogP contribution is -2.47. The van der Waals surface area contributed by atoms with Crippen LogP contribution in [0.4, 0.5) is 4.79 Å². The van der Waals surface area contributed by atoms with E-state index in [-0.39, 0.29) is 24.6 Å². The Hall–Kier alpha value is -2.32. The van der Waals surface area contributed by atoms with Crippen LogP contribution in [-0.2, 0) is 11.3 Å². The van der Waals surface area contributed by atoms with Crippen LogP contribution >= 0.6 is 22.9 Å². The van der Waals surface area contributed by atoms with Crippen LogP contribution in [0.2, 0.25) is 5.02 Å². The quantitative estimate of drug-likeness (QED) is 0.723. The van der Waals surface area contributed by atoms with Gasteiger partial charge in [-0.15, -0.1) is 11.3 Å². The third kappa shape index (κ3) is 6.60. The number of benzene rings is 1. The molecular formula is C21H26ClN3O4S. The molecule has 0 radical (unpaired) electrons. The van der Waals surface area contributed by atoms with Gasteiger partial charge >= 0.3 is 6.09 Å². The molecule has 0 unspecified atom stereocenters. The van der Waals surface area contributed by atoms with Gasteiger partial charge in [0, 0.05) is 29.5 Å². The SMILES string of the molecule is CC(C)(C)OC(=O)N1CCC(NC(=O)c2csc(COc3ccc(Cl)cc3)n2)CC1. The lowest BCUT2D eigenvalue weighted by molar-refractivity contribution is 0.0199. The van der Waals surface area contributed by atoms with Gasteiger partial charge in [-0.25, -0.2) is 9.78 Å². The normalized spacial score (nSPS) is 15.0. The molecule has 3 rings (SSSR count). The summed E-state index contributed by atoms with van der Waals surface area (Å²) in [4.78, 5) is 30.7. The lowest BCUT2D eigenvalue weighted by atomic mass is 10.1. The van der Waals surface area contributed by atoms with Crippen molar-refractivity contribution in [3.8, 4) is 5.75 Å². The van der Waals surface area contributed by atoms with Gasteiger partial charge in [0.25, 0.3) is 5.91 Å². The number of nitrogens with zero attached hydrogens (tertiary/aromatic N) is 2. The van der Waals surface area contributed by atoms with Gasteiger partial charge in [0.05, 0.1) is 0 Å². The van der Waals surface area contributed by atoms with Crippen LogP contribution in [0.25, 0.3) is 0 Å². The minimum Gasteiger partial charge on any atom is -0.486 e. The Labute approximate surface area is 185 Å². The maximum atomic E-state index is 12.5. The zero-order valence-corrected chi connectivity index (χ0v) is 18.9. The number of amides is 2. The van der Waals surface area contributed by atoms with E-state index in [4.69, 9.17) is 21.1 Å². The van der Waals surface area contributed by atoms with Crippen molar-refractivity contribution in [2.45, 2.75) is 51.9 Å². The van der Waals surface area contributed by atoms with Crippen LogP contribution in [0, 0.1) is 0 Å². The van der Waals surface area contributed by atoms with E-state index >= 15 is 0 Å². The van der Waals surface area contributed by atoms with Crippen molar-refractivity contribution in [3.05, 3.63) is 45.4 Å². The molecule has 162 valence electrons. The van der Waals surface area contributed by atoms with Gasteiger partial charge in [0.2, 0.25) is 0 Å². The summed E-state index contributed by atoms with van der Waals surface area (Å²) in [5.74, 6) is 0.483. The van der Waals surface area contributed by atoms with E-state index in [0.717, 1.165) is 5.01 Å². The molecule has 9 heteroatoms. The zero-order chi connectivity index (χ0) is 21.7. The van der Waals surface area contributed by atoms with E-state index in [9.17, 15) is 9.59 Å². The number of likely N-dealkylation sites (tertiary alicyclic amines) is 1. The first kappa shape index (κ1) is 22.4. The summed E-state index contributed by atoms with van der Waals surface area (Å²) < 4.78 is 11.1. The molecule has 7 nitrogen and oxygen atoms in total. The molecule has 0 spiro atoms. The molecule has 2 heterocycles. The maximum absolute atomic E-state index is 12.5. The van der Waals surface area contributed by atoms with Gasteiger partial charge in [-0.2, -0.15) is 0 Å². The predicted molar refractivity (Wildman–Crippen MR) is 116 cm³/mol. The molecule has 1 N–H and O–H groups in total. The number of halogens is 1. The van der Waals surface area contributed by atoms with Crippen molar-refractivity contribution in [2.24, 2.45) is 0 Å². The standard InChI is InChI=1S/C21H26ClN3O4S/c1-21(2,3)29-20(27)25-10-8-15(9-11-25)23-19(26)17-13-30-18(24-17)12-28-16-6-4-14(22)5-7-16/h4-7,13,15H,8-12H2,1-3H3,(H,23,26).